The standard InChI is InChI=1S/C114H72O12/c115-109-85-37-19-20-39-87-57-81-45-51-93(123-69-75-29-11-3-12-30-75)63-99(81)105(111(87)117)106-101-65-95(125-71-77-33-15-5-16-34-77)53-47-83(101)59-89(113(106)119)41-23-24-42-90-60-84-48-54-96(126-72-78-35-17-6-18-36-78)66-102(84)108(114(90)120)107-100-64-94(124-70-76-31-13-4-14-32-76)52-46-82(100)58-88(112(107)118)40-22-21-38-86-56-80-44-50-92(122-68-74-27-9-2-10-28-74)62-98(80)104(110(86)116)103(109)97-61-91(49-43-79(97)55-85)121-67-73-25-7-1-8-26-73/h1-18,25-36,43-66,115-120H,67-72H2. The summed E-state index contributed by atoms with van der Waals surface area (Å²) in [7, 11) is 0. The fraction of sp³-hybridized carbons (Fsp3) is 0.0526. The summed E-state index contributed by atoms with van der Waals surface area (Å²) in [5.41, 5.74) is 5.54. The average molecular weight is 1630 g/mol. The van der Waals surface area contributed by atoms with E-state index in [-0.39, 0.29) is 139 Å². The topological polar surface area (TPSA) is 177 Å². The minimum absolute atomic E-state index is 0.127. The van der Waals surface area contributed by atoms with Gasteiger partial charge in [-0.15, -0.1) is 0 Å². The van der Waals surface area contributed by atoms with Crippen molar-refractivity contribution in [1.82, 2.24) is 0 Å². The van der Waals surface area contributed by atoms with Crippen molar-refractivity contribution in [2.75, 3.05) is 0 Å². The SMILES string of the molecule is Oc1c2c#cc#cc3cc4ccc(OCc5ccccc5)cc4c(c3O)c3c(O)c(c#cc#cc4cc5ccc(OCc6ccccc6)cc5c(c4O)c4c(O)c(c#cc#cc5cc6ccc(OCc7ccccc7)cc6c(c5O)c1c1cc(OCc5ccccc5)ccc1c2)cc1ccc(OCc2ccccc2)cc14)cc1ccc(OCc2ccccc2)cc13. The Morgan fingerprint density at radius 2 is 0.310 bits per heavy atom. The summed E-state index contributed by atoms with van der Waals surface area (Å²) in [6.45, 7) is 1.32. The van der Waals surface area contributed by atoms with Crippen LogP contribution in [0.2, 0.25) is 0 Å². The number of fused-ring (bicyclic) bond motifs is 27. The summed E-state index contributed by atoms with van der Waals surface area (Å²) in [4.78, 5) is 0. The third kappa shape index (κ3) is 16.6. The lowest BCUT2D eigenvalue weighted by atomic mass is 9.95. The first-order chi connectivity index (χ1) is 61.9. The van der Waals surface area contributed by atoms with Crippen molar-refractivity contribution >= 4 is 129 Å². The molecular weight excluding hydrogens is 1560 g/mol. The van der Waals surface area contributed by atoms with Crippen LogP contribution in [0.5, 0.6) is 69.0 Å². The molecule has 12 bridgehead atoms. The number of aromatic hydroxyl groups is 6. The van der Waals surface area contributed by atoms with E-state index in [2.05, 4.69) is 72.8 Å². The highest BCUT2D eigenvalue weighted by Crippen LogP contribution is 2.49. The van der Waals surface area contributed by atoms with Gasteiger partial charge >= 0.3 is 0 Å². The van der Waals surface area contributed by atoms with Crippen LogP contribution in [-0.2, 0) is 39.6 Å². The van der Waals surface area contributed by atoms with Crippen molar-refractivity contribution in [2.24, 2.45) is 0 Å². The molecule has 0 heterocycles. The van der Waals surface area contributed by atoms with Crippen LogP contribution >= 0.6 is 0 Å². The quantitative estimate of drug-likeness (QED) is 0.0480. The van der Waals surface area contributed by atoms with Gasteiger partial charge in [-0.2, -0.15) is 0 Å². The molecule has 0 aliphatic heterocycles. The Bertz CT molecular complexity index is 6580. The van der Waals surface area contributed by atoms with Crippen LogP contribution in [-0.4, -0.2) is 30.6 Å². The van der Waals surface area contributed by atoms with Crippen LogP contribution in [0.15, 0.2) is 328 Å². The van der Waals surface area contributed by atoms with Gasteiger partial charge in [-0.3, -0.25) is 0 Å². The zero-order chi connectivity index (χ0) is 85.4. The molecule has 0 unspecified atom stereocenters. The predicted octanol–water partition coefficient (Wildman–Crippen LogP) is 25.9. The van der Waals surface area contributed by atoms with Gasteiger partial charge in [0, 0.05) is 32.3 Å². The van der Waals surface area contributed by atoms with Gasteiger partial charge in [-0.1, -0.05) is 218 Å². The van der Waals surface area contributed by atoms with Gasteiger partial charge in [0.25, 0.3) is 0 Å². The highest BCUT2D eigenvalue weighted by Gasteiger charge is 2.22. The molecule has 126 heavy (non-hydrogen) atoms. The van der Waals surface area contributed by atoms with Gasteiger partial charge in [0.1, 0.15) is 109 Å². The van der Waals surface area contributed by atoms with Gasteiger partial charge in [0.05, 0.1) is 32.3 Å². The van der Waals surface area contributed by atoms with E-state index in [4.69, 9.17) is 28.4 Å². The Labute approximate surface area is 726 Å². The first-order valence-electron chi connectivity index (χ1n) is 40.8. The zero-order valence-corrected chi connectivity index (χ0v) is 67.6. The Morgan fingerprint density at radius 3 is 0.452 bits per heavy atom. The van der Waals surface area contributed by atoms with Gasteiger partial charge in [-0.05, 0) is 280 Å². The Balaban J connectivity index is 0.919. The van der Waals surface area contributed by atoms with Crippen molar-refractivity contribution in [3.63, 3.8) is 0 Å². The maximum atomic E-state index is 13.4. The fourth-order valence-corrected chi connectivity index (χ4v) is 15.8. The Morgan fingerprint density at radius 1 is 0.167 bits per heavy atom. The summed E-state index contributed by atoms with van der Waals surface area (Å²) < 4.78 is 39.1. The van der Waals surface area contributed by atoms with Crippen molar-refractivity contribution < 1.29 is 59.1 Å². The van der Waals surface area contributed by atoms with E-state index >= 15 is 0 Å². The second-order valence-electron chi connectivity index (χ2n) is 30.3. The Kier molecular flexibility index (Phi) is 21.8. The number of rotatable bonds is 18. The van der Waals surface area contributed by atoms with E-state index in [0.717, 1.165) is 33.4 Å². The lowest BCUT2D eigenvalue weighted by Gasteiger charge is -2.13. The third-order valence-corrected chi connectivity index (χ3v) is 22.1. The average Bonchev–Trinajstić information content (AvgIpc) is 0.746. The summed E-state index contributed by atoms with van der Waals surface area (Å²) in [6, 6.07) is 139. The lowest BCUT2D eigenvalue weighted by molar-refractivity contribution is 0.306. The molecule has 600 valence electrons. The van der Waals surface area contributed by atoms with Crippen LogP contribution in [0.4, 0.5) is 0 Å². The summed E-state index contributed by atoms with van der Waals surface area (Å²) in [6.07, 6.45) is 0. The molecule has 0 fully saturated rings. The van der Waals surface area contributed by atoms with Gasteiger partial charge in [0.2, 0.25) is 0 Å². The van der Waals surface area contributed by atoms with E-state index in [1.54, 1.807) is 36.4 Å². The second kappa shape index (κ2) is 35.0. The third-order valence-electron chi connectivity index (χ3n) is 22.1. The number of hydrogen-bond acceptors (Lipinski definition) is 12. The smallest absolute Gasteiger partial charge is 0.139 e. The van der Waals surface area contributed by atoms with E-state index in [1.165, 1.54) is 0 Å². The molecule has 12 nitrogen and oxygen atoms in total. The molecule has 0 spiro atoms. The van der Waals surface area contributed by atoms with Crippen molar-refractivity contribution in [1.29, 1.82) is 0 Å². The molecule has 0 aliphatic rings. The van der Waals surface area contributed by atoms with E-state index in [0.29, 0.717) is 99.1 Å². The number of phenolic OH excluding ortho intramolecular Hbond substituents is 6. The number of ether oxygens (including phenoxy) is 6. The summed E-state index contributed by atoms with van der Waals surface area (Å²) >= 11 is 0. The molecule has 0 amide bonds. The highest BCUT2D eigenvalue weighted by atomic mass is 16.5. The van der Waals surface area contributed by atoms with E-state index in [9.17, 15) is 30.6 Å². The number of hydrogen-bond donors (Lipinski definition) is 6. The summed E-state index contributed by atoms with van der Waals surface area (Å²) in [5.74, 6) is 0.836. The highest BCUT2D eigenvalue weighted by molar-refractivity contribution is 6.27. The Hall–Kier alpha value is -17.5. The minimum Gasteiger partial charge on any atom is -0.506 e. The maximum Gasteiger partial charge on any atom is 0.139 e. The zero-order valence-electron chi connectivity index (χ0n) is 67.6. The van der Waals surface area contributed by atoms with Crippen LogP contribution in [0.1, 0.15) is 33.4 Å². The number of benzene rings is 18. The molecule has 12 heteroatoms. The predicted molar refractivity (Wildman–Crippen MR) is 497 cm³/mol. The largest absolute Gasteiger partial charge is 0.506 e. The van der Waals surface area contributed by atoms with Crippen LogP contribution in [0.3, 0.4) is 0 Å². The molecule has 0 saturated carbocycles. The molecule has 0 atom stereocenters. The molecule has 0 aliphatic carbocycles. The molecule has 0 radical (unpaired) electrons. The second-order valence-corrected chi connectivity index (χ2v) is 30.3. The fourth-order valence-electron chi connectivity index (χ4n) is 15.8. The van der Waals surface area contributed by atoms with E-state index in [1.807, 2.05) is 291 Å². The molecule has 0 saturated heterocycles. The van der Waals surface area contributed by atoms with Crippen molar-refractivity contribution in [3.05, 3.63) is 434 Å². The number of phenols is 6. The first kappa shape index (κ1) is 78.3. The first-order valence-corrected chi connectivity index (χ1v) is 40.8. The molecule has 0 aromatic heterocycles. The molecule has 19 aromatic rings. The van der Waals surface area contributed by atoms with E-state index < -0.39 is 0 Å². The van der Waals surface area contributed by atoms with Crippen LogP contribution in [0, 0.1) is 72.8 Å². The minimum atomic E-state index is -0.323. The maximum absolute atomic E-state index is 13.4. The molecular formula is C114H72O12. The summed E-state index contributed by atoms with van der Waals surface area (Å²) in [5, 5.41) is 88.4. The normalized spacial score (nSPS) is 10.9. The van der Waals surface area contributed by atoms with Crippen LogP contribution < -0.4 is 28.4 Å². The molecule has 19 rings (SSSR count). The van der Waals surface area contributed by atoms with Gasteiger partial charge in [-0.25, -0.2) is 0 Å². The molecule has 6 N–H and O–H groups in total. The van der Waals surface area contributed by atoms with Gasteiger partial charge in [0.15, 0.2) is 0 Å². The van der Waals surface area contributed by atoms with Crippen molar-refractivity contribution in [3.8, 4) is 69.0 Å². The lowest BCUT2D eigenvalue weighted by Crippen LogP contribution is -1.95. The van der Waals surface area contributed by atoms with Crippen molar-refractivity contribution in [2.45, 2.75) is 39.6 Å². The molecule has 19 aromatic carbocycles. The van der Waals surface area contributed by atoms with Crippen LogP contribution in [0.25, 0.3) is 129 Å². The monoisotopic (exact) mass is 1630 g/mol. The van der Waals surface area contributed by atoms with Gasteiger partial charge < -0.3 is 59.1 Å².